The average Bonchev–Trinajstić information content (AvgIpc) is 3.26. The van der Waals surface area contributed by atoms with Gasteiger partial charge in [0.1, 0.15) is 0 Å². The molecule has 6 rings (SSSR count). The van der Waals surface area contributed by atoms with Gasteiger partial charge in [-0.2, -0.15) is 0 Å². The number of nitrogens with two attached hydrogens (primary N) is 1. The number of hydrogen-bond acceptors (Lipinski definition) is 7. The van der Waals surface area contributed by atoms with Crippen molar-refractivity contribution in [1.82, 2.24) is 24.6 Å². The zero-order chi connectivity index (χ0) is 27.3. The molecular weight excluding hydrogens is 490 g/mol. The predicted octanol–water partition coefficient (Wildman–Crippen LogP) is 3.54. The van der Waals surface area contributed by atoms with Crippen molar-refractivity contribution in [3.8, 4) is 0 Å². The molecular formula is C30H35N7O2. The molecule has 3 aliphatic heterocycles. The molecule has 0 saturated carbocycles. The number of carbonyl (C=O) groups is 2. The summed E-state index contributed by atoms with van der Waals surface area (Å²) in [6, 6.07) is 15.7. The molecule has 2 N–H and O–H groups in total. The Morgan fingerprint density at radius 2 is 1.79 bits per heavy atom. The number of nitrogens with zero attached hydrogens (tertiary/aromatic N) is 6. The van der Waals surface area contributed by atoms with Crippen LogP contribution < -0.4 is 5.73 Å². The molecule has 4 heterocycles. The lowest BCUT2D eigenvalue weighted by molar-refractivity contribution is -0.145. The van der Waals surface area contributed by atoms with Crippen LogP contribution in [-0.4, -0.2) is 86.9 Å². The van der Waals surface area contributed by atoms with Crippen molar-refractivity contribution < 1.29 is 9.59 Å². The van der Waals surface area contributed by atoms with Crippen LogP contribution in [0, 0.1) is 0 Å². The van der Waals surface area contributed by atoms with E-state index in [0.29, 0.717) is 18.8 Å². The largest absolute Gasteiger partial charge is 0.341 e. The summed E-state index contributed by atoms with van der Waals surface area (Å²) >= 11 is 0. The smallest absolute Gasteiger partial charge is 0.328 e. The molecule has 0 radical (unpaired) electrons. The number of hydrogen-bond donors (Lipinski definition) is 1. The standard InChI is InChI=1S/C30H35N7O2/c1-4-5-17-37-28(35-16-10-11-20(31)18-35)33-26-30(37,2)27(38)36(29(39)34(26)3)19-25-23-14-7-6-12-21(23)22-13-8-9-15-24(22)32-25/h4-9,12-15,20,26H,10-11,16-19,31H2,1-3H3/b5-4-. The molecule has 3 atom stereocenters. The first-order valence-corrected chi connectivity index (χ1v) is 13.7. The molecule has 2 aromatic carbocycles. The number of rotatable bonds is 4. The lowest BCUT2D eigenvalue weighted by atomic mass is 9.91. The first-order chi connectivity index (χ1) is 18.8. The summed E-state index contributed by atoms with van der Waals surface area (Å²) in [5.74, 6) is 0.471. The highest BCUT2D eigenvalue weighted by Gasteiger charge is 2.61. The lowest BCUT2D eigenvalue weighted by Gasteiger charge is -2.48. The van der Waals surface area contributed by atoms with Gasteiger partial charge in [0.05, 0.1) is 17.8 Å². The van der Waals surface area contributed by atoms with E-state index in [0.717, 1.165) is 47.0 Å². The molecule has 202 valence electrons. The van der Waals surface area contributed by atoms with Gasteiger partial charge in [0.25, 0.3) is 5.91 Å². The van der Waals surface area contributed by atoms with Crippen LogP contribution in [0.25, 0.3) is 21.7 Å². The zero-order valence-corrected chi connectivity index (χ0v) is 22.7. The molecule has 3 aromatic rings. The molecule has 2 fully saturated rings. The average molecular weight is 526 g/mol. The zero-order valence-electron chi connectivity index (χ0n) is 22.7. The highest BCUT2D eigenvalue weighted by Crippen LogP contribution is 2.39. The van der Waals surface area contributed by atoms with E-state index >= 15 is 0 Å². The summed E-state index contributed by atoms with van der Waals surface area (Å²) in [6.07, 6.45) is 5.31. The fraction of sp³-hybridized carbons (Fsp3) is 0.400. The quantitative estimate of drug-likeness (QED) is 0.413. The van der Waals surface area contributed by atoms with Crippen molar-refractivity contribution in [3.63, 3.8) is 0 Å². The van der Waals surface area contributed by atoms with E-state index in [1.807, 2.05) is 68.5 Å². The number of pyridine rings is 1. The number of likely N-dealkylation sites (N-methyl/N-ethyl adjacent to an activating group) is 1. The number of para-hydroxylation sites is 1. The molecule has 3 amide bonds. The Labute approximate surface area is 228 Å². The van der Waals surface area contributed by atoms with Crippen LogP contribution in [0.15, 0.2) is 65.7 Å². The SMILES string of the molecule is C/C=C\CN1C(N2CCCC(N)C2)=NC2N(C)C(=O)N(Cc3nc4ccccc4c4ccccc34)C(=O)C21C. The Balaban J connectivity index is 1.41. The molecule has 0 aliphatic carbocycles. The summed E-state index contributed by atoms with van der Waals surface area (Å²) in [4.78, 5) is 45.3. The number of imide groups is 1. The molecule has 3 aliphatic rings. The van der Waals surface area contributed by atoms with Gasteiger partial charge in [-0.1, -0.05) is 54.6 Å². The molecule has 1 aromatic heterocycles. The minimum absolute atomic E-state index is 0.0549. The van der Waals surface area contributed by atoms with Gasteiger partial charge in [-0.25, -0.2) is 9.79 Å². The minimum atomic E-state index is -1.06. The first kappa shape index (κ1) is 25.3. The highest BCUT2D eigenvalue weighted by molar-refractivity contribution is 6.08. The van der Waals surface area contributed by atoms with Gasteiger partial charge >= 0.3 is 6.03 Å². The molecule has 0 spiro atoms. The monoisotopic (exact) mass is 525 g/mol. The van der Waals surface area contributed by atoms with Gasteiger partial charge in [-0.15, -0.1) is 0 Å². The Bertz CT molecular complexity index is 1520. The lowest BCUT2D eigenvalue weighted by Crippen LogP contribution is -2.72. The van der Waals surface area contributed by atoms with Gasteiger partial charge in [-0.05, 0) is 38.1 Å². The molecule has 39 heavy (non-hydrogen) atoms. The van der Waals surface area contributed by atoms with Crippen LogP contribution in [0.4, 0.5) is 4.79 Å². The van der Waals surface area contributed by atoms with Crippen molar-refractivity contribution in [1.29, 1.82) is 0 Å². The molecule has 2 saturated heterocycles. The van der Waals surface area contributed by atoms with Gasteiger partial charge < -0.3 is 20.4 Å². The number of fused-ring (bicyclic) bond motifs is 4. The Hall–Kier alpha value is -3.98. The van der Waals surface area contributed by atoms with E-state index in [4.69, 9.17) is 15.7 Å². The van der Waals surface area contributed by atoms with Crippen molar-refractivity contribution in [3.05, 3.63) is 66.4 Å². The van der Waals surface area contributed by atoms with Crippen LogP contribution >= 0.6 is 0 Å². The van der Waals surface area contributed by atoms with Crippen LogP contribution in [0.5, 0.6) is 0 Å². The van der Waals surface area contributed by atoms with Crippen LogP contribution in [0.1, 0.15) is 32.4 Å². The van der Waals surface area contributed by atoms with Crippen molar-refractivity contribution >= 4 is 39.6 Å². The third-order valence-electron chi connectivity index (χ3n) is 8.38. The Kier molecular flexibility index (Phi) is 6.26. The van der Waals surface area contributed by atoms with Crippen molar-refractivity contribution in [2.45, 2.75) is 51.0 Å². The van der Waals surface area contributed by atoms with E-state index < -0.39 is 11.7 Å². The number of aromatic nitrogens is 1. The number of piperidine rings is 1. The fourth-order valence-corrected chi connectivity index (χ4v) is 6.31. The first-order valence-electron chi connectivity index (χ1n) is 13.7. The maximum absolute atomic E-state index is 14.4. The van der Waals surface area contributed by atoms with Gasteiger partial charge in [0, 0.05) is 43.5 Å². The Morgan fingerprint density at radius 1 is 1.08 bits per heavy atom. The summed E-state index contributed by atoms with van der Waals surface area (Å²) < 4.78 is 0. The topological polar surface area (TPSA) is 98.4 Å². The number of carbonyl (C=O) groups excluding carboxylic acids is 2. The second kappa shape index (κ2) is 9.64. The van der Waals surface area contributed by atoms with E-state index in [1.165, 1.54) is 4.90 Å². The van der Waals surface area contributed by atoms with E-state index in [2.05, 4.69) is 15.9 Å². The van der Waals surface area contributed by atoms with E-state index in [-0.39, 0.29) is 24.5 Å². The van der Waals surface area contributed by atoms with Gasteiger partial charge in [0.15, 0.2) is 17.7 Å². The number of likely N-dealkylation sites (tertiary alicyclic amines) is 1. The predicted molar refractivity (Wildman–Crippen MR) is 153 cm³/mol. The van der Waals surface area contributed by atoms with Crippen LogP contribution in [0.2, 0.25) is 0 Å². The molecule has 3 unspecified atom stereocenters. The summed E-state index contributed by atoms with van der Waals surface area (Å²) in [7, 11) is 1.73. The second-order valence-electron chi connectivity index (χ2n) is 10.9. The summed E-state index contributed by atoms with van der Waals surface area (Å²) in [5, 5.41) is 3.03. The number of amides is 3. The normalized spacial score (nSPS) is 25.8. The summed E-state index contributed by atoms with van der Waals surface area (Å²) in [5.41, 5.74) is 6.78. The highest BCUT2D eigenvalue weighted by atomic mass is 16.2. The molecule has 9 heteroatoms. The third kappa shape index (κ3) is 3.95. The number of allylic oxidation sites excluding steroid dienone is 1. The van der Waals surface area contributed by atoms with Crippen molar-refractivity contribution in [2.75, 3.05) is 26.7 Å². The third-order valence-corrected chi connectivity index (χ3v) is 8.38. The van der Waals surface area contributed by atoms with Crippen LogP contribution in [0.3, 0.4) is 0 Å². The number of urea groups is 1. The van der Waals surface area contributed by atoms with Gasteiger partial charge in [0.2, 0.25) is 0 Å². The van der Waals surface area contributed by atoms with E-state index in [1.54, 1.807) is 11.9 Å². The maximum Gasteiger partial charge on any atom is 0.328 e. The Morgan fingerprint density at radius 3 is 2.54 bits per heavy atom. The number of aliphatic imine (C=N–C) groups is 1. The van der Waals surface area contributed by atoms with Crippen molar-refractivity contribution in [2.24, 2.45) is 10.7 Å². The minimum Gasteiger partial charge on any atom is -0.341 e. The fourth-order valence-electron chi connectivity index (χ4n) is 6.31. The van der Waals surface area contributed by atoms with Gasteiger partial charge in [-0.3, -0.25) is 14.7 Å². The number of benzene rings is 2. The van der Waals surface area contributed by atoms with Crippen LogP contribution in [-0.2, 0) is 11.3 Å². The molecule has 9 nitrogen and oxygen atoms in total. The molecule has 0 bridgehead atoms. The maximum atomic E-state index is 14.4. The summed E-state index contributed by atoms with van der Waals surface area (Å²) in [6.45, 7) is 5.96. The second-order valence-corrected chi connectivity index (χ2v) is 10.9. The van der Waals surface area contributed by atoms with E-state index in [9.17, 15) is 9.59 Å². The number of guanidine groups is 1.